The smallest absolute Gasteiger partial charge is 0.268 e. The Balaban J connectivity index is 2.57. The second-order valence-electron chi connectivity index (χ2n) is 2.52. The van der Waals surface area contributed by atoms with Gasteiger partial charge in [0.1, 0.15) is 0 Å². The number of amides is 2. The zero-order chi connectivity index (χ0) is 9.42. The van der Waals surface area contributed by atoms with Crippen LogP contribution in [-0.2, 0) is 0 Å². The van der Waals surface area contributed by atoms with E-state index in [-0.39, 0.29) is 11.8 Å². The monoisotopic (exact) mass is 305 g/mol. The fourth-order valence-electron chi connectivity index (χ4n) is 1.23. The molecule has 1 aromatic rings. The van der Waals surface area contributed by atoms with Crippen LogP contribution < -0.4 is 0 Å². The van der Waals surface area contributed by atoms with E-state index >= 15 is 0 Å². The topological polar surface area (TPSA) is 37.4 Å². The Labute approximate surface area is 91.2 Å². The van der Waals surface area contributed by atoms with Crippen molar-refractivity contribution < 1.29 is 9.59 Å². The number of carbonyl (C=O) groups is 2. The molecule has 1 aliphatic rings. The molecule has 1 aliphatic heterocycles. The van der Waals surface area contributed by atoms with Gasteiger partial charge in [-0.25, -0.2) is 4.31 Å². The molecular formula is C8H4INO2S. The first-order valence-corrected chi connectivity index (χ1v) is 6.84. The summed E-state index contributed by atoms with van der Waals surface area (Å²) < 4.78 is 1.16. The van der Waals surface area contributed by atoms with Gasteiger partial charge in [0.25, 0.3) is 11.8 Å². The fraction of sp³-hybridized carbons (Fsp3) is 0. The molecule has 0 spiro atoms. The number of benzene rings is 1. The van der Waals surface area contributed by atoms with Crippen LogP contribution >= 0.6 is 30.3 Å². The highest BCUT2D eigenvalue weighted by molar-refractivity contribution is 14.2. The molecule has 2 amide bonds. The SMILES string of the molecule is O=C1c2ccccc2C(=O)N1SI. The first-order valence-electron chi connectivity index (χ1n) is 3.52. The van der Waals surface area contributed by atoms with E-state index in [1.807, 2.05) is 21.2 Å². The zero-order valence-corrected chi connectivity index (χ0v) is 9.33. The van der Waals surface area contributed by atoms with Gasteiger partial charge in [0.05, 0.1) is 11.1 Å². The van der Waals surface area contributed by atoms with Crippen molar-refractivity contribution in [3.05, 3.63) is 35.4 Å². The van der Waals surface area contributed by atoms with Crippen molar-refractivity contribution in [1.82, 2.24) is 4.31 Å². The van der Waals surface area contributed by atoms with E-state index in [1.54, 1.807) is 24.3 Å². The van der Waals surface area contributed by atoms with Crippen molar-refractivity contribution in [3.8, 4) is 0 Å². The Bertz CT molecular complexity index is 358. The molecule has 1 aromatic carbocycles. The van der Waals surface area contributed by atoms with Gasteiger partial charge in [0, 0.05) is 30.3 Å². The van der Waals surface area contributed by atoms with Gasteiger partial charge in [0.15, 0.2) is 0 Å². The van der Waals surface area contributed by atoms with Gasteiger partial charge in [-0.3, -0.25) is 9.59 Å². The average Bonchev–Trinajstić information content (AvgIpc) is 2.41. The lowest BCUT2D eigenvalue weighted by atomic mass is 10.1. The first kappa shape index (κ1) is 9.01. The van der Waals surface area contributed by atoms with Crippen molar-refractivity contribution in [3.63, 3.8) is 0 Å². The number of nitrogens with zero attached hydrogens (tertiary/aromatic N) is 1. The maximum absolute atomic E-state index is 11.5. The summed E-state index contributed by atoms with van der Waals surface area (Å²) in [7, 11) is 1.11. The Morgan fingerprint density at radius 3 is 1.92 bits per heavy atom. The molecule has 3 nitrogen and oxygen atoms in total. The molecule has 0 fully saturated rings. The number of rotatable bonds is 1. The van der Waals surface area contributed by atoms with Crippen LogP contribution in [0.25, 0.3) is 0 Å². The maximum Gasteiger partial charge on any atom is 0.272 e. The van der Waals surface area contributed by atoms with E-state index in [2.05, 4.69) is 0 Å². The number of carbonyl (C=O) groups excluding carboxylic acids is 2. The Morgan fingerprint density at radius 2 is 1.54 bits per heavy atom. The standard InChI is InChI=1S/C8H4INO2S/c9-13-10-7(11)5-3-1-2-4-6(5)8(10)12/h1-4H. The van der Waals surface area contributed by atoms with Gasteiger partial charge in [-0.1, -0.05) is 12.1 Å². The van der Waals surface area contributed by atoms with E-state index in [4.69, 9.17) is 0 Å². The Morgan fingerprint density at radius 1 is 1.08 bits per heavy atom. The summed E-state index contributed by atoms with van der Waals surface area (Å²) in [6, 6.07) is 6.85. The summed E-state index contributed by atoms with van der Waals surface area (Å²) in [5.74, 6) is -0.444. The van der Waals surface area contributed by atoms with Crippen molar-refractivity contribution in [2.75, 3.05) is 0 Å². The van der Waals surface area contributed by atoms with Crippen LogP contribution in [0, 0.1) is 0 Å². The molecule has 2 rings (SSSR count). The maximum atomic E-state index is 11.5. The second kappa shape index (κ2) is 3.30. The summed E-state index contributed by atoms with van der Waals surface area (Å²) >= 11 is 1.92. The van der Waals surface area contributed by atoms with Crippen LogP contribution in [0.2, 0.25) is 0 Å². The van der Waals surface area contributed by atoms with E-state index in [0.717, 1.165) is 13.4 Å². The summed E-state index contributed by atoms with van der Waals surface area (Å²) in [6.45, 7) is 0. The molecule has 0 aromatic heterocycles. The van der Waals surface area contributed by atoms with Gasteiger partial charge in [-0.15, -0.1) is 0 Å². The number of halogens is 1. The Kier molecular flexibility index (Phi) is 2.29. The van der Waals surface area contributed by atoms with Crippen LogP contribution in [0.5, 0.6) is 0 Å². The van der Waals surface area contributed by atoms with Gasteiger partial charge in [0.2, 0.25) is 0 Å². The Hall–Kier alpha value is -0.560. The minimum atomic E-state index is -0.222. The summed E-state index contributed by atoms with van der Waals surface area (Å²) in [6.07, 6.45) is 0. The van der Waals surface area contributed by atoms with Gasteiger partial charge in [-0.05, 0) is 12.1 Å². The highest BCUT2D eigenvalue weighted by Gasteiger charge is 2.35. The number of hydrogen-bond acceptors (Lipinski definition) is 3. The largest absolute Gasteiger partial charge is 0.272 e. The number of hydrogen-bond donors (Lipinski definition) is 0. The third-order valence-electron chi connectivity index (χ3n) is 1.83. The van der Waals surface area contributed by atoms with Crippen molar-refractivity contribution in [2.45, 2.75) is 0 Å². The molecule has 0 atom stereocenters. The van der Waals surface area contributed by atoms with Gasteiger partial charge < -0.3 is 0 Å². The second-order valence-corrected chi connectivity index (χ2v) is 4.20. The van der Waals surface area contributed by atoms with E-state index < -0.39 is 0 Å². The minimum absolute atomic E-state index is 0.222. The van der Waals surface area contributed by atoms with Gasteiger partial charge >= 0.3 is 0 Å². The third-order valence-corrected chi connectivity index (χ3v) is 3.48. The van der Waals surface area contributed by atoms with Crippen LogP contribution in [0.1, 0.15) is 20.7 Å². The van der Waals surface area contributed by atoms with E-state index in [0.29, 0.717) is 11.1 Å². The van der Waals surface area contributed by atoms with Crippen molar-refractivity contribution >= 4 is 42.1 Å². The lowest BCUT2D eigenvalue weighted by Crippen LogP contribution is -2.20. The van der Waals surface area contributed by atoms with Gasteiger partial charge in [-0.2, -0.15) is 0 Å². The molecule has 13 heavy (non-hydrogen) atoms. The lowest BCUT2D eigenvalue weighted by Gasteiger charge is -2.05. The van der Waals surface area contributed by atoms with Crippen molar-refractivity contribution in [1.29, 1.82) is 0 Å². The molecular weight excluding hydrogens is 301 g/mol. The summed E-state index contributed by atoms with van der Waals surface area (Å²) in [4.78, 5) is 23.0. The molecule has 66 valence electrons. The summed E-state index contributed by atoms with van der Waals surface area (Å²) in [5.41, 5.74) is 0.994. The molecule has 1 heterocycles. The highest BCUT2D eigenvalue weighted by Crippen LogP contribution is 2.31. The lowest BCUT2D eigenvalue weighted by molar-refractivity contribution is 0.0779. The normalized spacial score (nSPS) is 15.0. The van der Waals surface area contributed by atoms with Crippen LogP contribution in [0.15, 0.2) is 24.3 Å². The molecule has 0 bridgehead atoms. The quantitative estimate of drug-likeness (QED) is 0.454. The zero-order valence-electron chi connectivity index (χ0n) is 6.36. The molecule has 5 heteroatoms. The molecule has 0 aliphatic carbocycles. The van der Waals surface area contributed by atoms with Crippen LogP contribution in [0.3, 0.4) is 0 Å². The molecule has 0 saturated carbocycles. The molecule has 0 N–H and O–H groups in total. The van der Waals surface area contributed by atoms with E-state index in [9.17, 15) is 9.59 Å². The highest BCUT2D eigenvalue weighted by atomic mass is 127. The average molecular weight is 305 g/mol. The molecule has 0 radical (unpaired) electrons. The van der Waals surface area contributed by atoms with E-state index in [1.165, 1.54) is 0 Å². The summed E-state index contributed by atoms with van der Waals surface area (Å²) in [5, 5.41) is 0. The van der Waals surface area contributed by atoms with Crippen LogP contribution in [0.4, 0.5) is 0 Å². The predicted octanol–water partition coefficient (Wildman–Crippen LogP) is 2.28. The molecule has 0 unspecified atom stereocenters. The molecule has 0 saturated heterocycles. The number of fused-ring (bicyclic) bond motifs is 1. The first-order chi connectivity index (χ1) is 6.25. The predicted molar refractivity (Wildman–Crippen MR) is 58.6 cm³/mol. The van der Waals surface area contributed by atoms with Crippen LogP contribution in [-0.4, -0.2) is 16.1 Å². The van der Waals surface area contributed by atoms with Crippen molar-refractivity contribution in [2.24, 2.45) is 0 Å². The number of imide groups is 1. The third kappa shape index (κ3) is 1.26. The minimum Gasteiger partial charge on any atom is -0.268 e. The fourth-order valence-corrected chi connectivity index (χ4v) is 2.63.